The van der Waals surface area contributed by atoms with E-state index >= 15 is 0 Å². The number of nitro benzene ring substituents is 1. The van der Waals surface area contributed by atoms with E-state index in [0.717, 1.165) is 5.69 Å². The molecule has 104 valence electrons. The summed E-state index contributed by atoms with van der Waals surface area (Å²) >= 11 is 5.87. The summed E-state index contributed by atoms with van der Waals surface area (Å²) < 4.78 is 0. The molecule has 0 aliphatic carbocycles. The fraction of sp³-hybridized carbons (Fsp3) is 0.167. The summed E-state index contributed by atoms with van der Waals surface area (Å²) in [5, 5.41) is 13.5. The molecule has 2 rings (SSSR count). The predicted octanol–water partition coefficient (Wildman–Crippen LogP) is 1.94. The molecule has 1 aromatic heterocycles. The minimum Gasteiger partial charge on any atom is -0.351 e. The normalized spacial score (nSPS) is 10.2. The average Bonchev–Trinajstić information content (AvgIpc) is 2.91. The number of benzene rings is 1. The summed E-state index contributed by atoms with van der Waals surface area (Å²) in [5.74, 6) is -0.568. The SMILES string of the molecule is O=C(NCCc1cnc[nH]1)c1c(Cl)cccc1[N+](=O)[O-]. The van der Waals surface area contributed by atoms with E-state index in [9.17, 15) is 14.9 Å². The van der Waals surface area contributed by atoms with E-state index in [1.165, 1.54) is 24.5 Å². The Morgan fingerprint density at radius 2 is 2.30 bits per heavy atom. The molecular formula is C12H11ClN4O3. The second kappa shape index (κ2) is 6.16. The molecule has 2 N–H and O–H groups in total. The Labute approximate surface area is 119 Å². The molecule has 0 saturated carbocycles. The molecule has 1 aromatic carbocycles. The number of hydrogen-bond donors (Lipinski definition) is 2. The lowest BCUT2D eigenvalue weighted by Crippen LogP contribution is -2.26. The van der Waals surface area contributed by atoms with E-state index < -0.39 is 10.8 Å². The lowest BCUT2D eigenvalue weighted by atomic mass is 10.1. The van der Waals surface area contributed by atoms with Crippen molar-refractivity contribution in [2.24, 2.45) is 0 Å². The number of amides is 1. The summed E-state index contributed by atoms with van der Waals surface area (Å²) in [4.78, 5) is 29.0. The maximum Gasteiger partial charge on any atom is 0.283 e. The fourth-order valence-corrected chi connectivity index (χ4v) is 1.97. The summed E-state index contributed by atoms with van der Waals surface area (Å²) in [6.07, 6.45) is 3.73. The molecule has 0 fully saturated rings. The number of carbonyl (C=O) groups excluding carboxylic acids is 1. The van der Waals surface area contributed by atoms with Crippen LogP contribution in [0.2, 0.25) is 5.02 Å². The van der Waals surface area contributed by atoms with Crippen LogP contribution in [0.5, 0.6) is 0 Å². The van der Waals surface area contributed by atoms with Crippen LogP contribution in [0.3, 0.4) is 0 Å². The molecule has 0 bridgehead atoms. The van der Waals surface area contributed by atoms with Crippen LogP contribution in [-0.2, 0) is 6.42 Å². The highest BCUT2D eigenvalue weighted by Gasteiger charge is 2.22. The molecule has 20 heavy (non-hydrogen) atoms. The second-order valence-electron chi connectivity index (χ2n) is 3.97. The Kier molecular flexibility index (Phi) is 4.31. The van der Waals surface area contributed by atoms with E-state index in [1.54, 1.807) is 6.20 Å². The average molecular weight is 295 g/mol. The van der Waals surface area contributed by atoms with Crippen LogP contribution in [0, 0.1) is 10.1 Å². The number of nitro groups is 1. The topological polar surface area (TPSA) is 101 Å². The number of nitrogens with zero attached hydrogens (tertiary/aromatic N) is 2. The molecule has 0 spiro atoms. The van der Waals surface area contributed by atoms with Crippen molar-refractivity contribution in [2.75, 3.05) is 6.54 Å². The molecule has 7 nitrogen and oxygen atoms in total. The summed E-state index contributed by atoms with van der Waals surface area (Å²) in [6, 6.07) is 4.12. The van der Waals surface area contributed by atoms with Gasteiger partial charge in [0.2, 0.25) is 0 Å². The van der Waals surface area contributed by atoms with E-state index in [4.69, 9.17) is 11.6 Å². The summed E-state index contributed by atoms with van der Waals surface area (Å²) in [6.45, 7) is 0.323. The van der Waals surface area contributed by atoms with Gasteiger partial charge in [-0.2, -0.15) is 0 Å². The molecule has 1 amide bonds. The van der Waals surface area contributed by atoms with Gasteiger partial charge in [-0.3, -0.25) is 14.9 Å². The van der Waals surface area contributed by atoms with Gasteiger partial charge in [0.1, 0.15) is 5.56 Å². The zero-order chi connectivity index (χ0) is 14.5. The quantitative estimate of drug-likeness (QED) is 0.650. The van der Waals surface area contributed by atoms with Gasteiger partial charge < -0.3 is 10.3 Å². The van der Waals surface area contributed by atoms with Gasteiger partial charge in [0.15, 0.2) is 0 Å². The van der Waals surface area contributed by atoms with Crippen molar-refractivity contribution in [3.05, 3.63) is 57.1 Å². The predicted molar refractivity (Wildman–Crippen MR) is 72.7 cm³/mol. The van der Waals surface area contributed by atoms with E-state index in [0.29, 0.717) is 13.0 Å². The number of carbonyl (C=O) groups is 1. The number of H-pyrrole nitrogens is 1. The number of aromatic nitrogens is 2. The second-order valence-corrected chi connectivity index (χ2v) is 4.38. The zero-order valence-electron chi connectivity index (χ0n) is 10.3. The molecule has 0 saturated heterocycles. The summed E-state index contributed by atoms with van der Waals surface area (Å²) in [7, 11) is 0. The van der Waals surface area contributed by atoms with Crippen LogP contribution >= 0.6 is 11.6 Å². The van der Waals surface area contributed by atoms with Gasteiger partial charge in [0.25, 0.3) is 11.6 Å². The van der Waals surface area contributed by atoms with Crippen LogP contribution in [-0.4, -0.2) is 27.3 Å². The first-order valence-corrected chi connectivity index (χ1v) is 6.15. The molecule has 0 aliphatic heterocycles. The highest BCUT2D eigenvalue weighted by Crippen LogP contribution is 2.25. The Bertz CT molecular complexity index is 628. The first kappa shape index (κ1) is 14.0. The smallest absolute Gasteiger partial charge is 0.283 e. The number of rotatable bonds is 5. The highest BCUT2D eigenvalue weighted by molar-refractivity contribution is 6.34. The molecule has 0 radical (unpaired) electrons. The molecule has 1 heterocycles. The standard InChI is InChI=1S/C12H11ClN4O3/c13-9-2-1-3-10(17(19)20)11(9)12(18)15-5-4-8-6-14-7-16-8/h1-3,6-7H,4-5H2,(H,14,16)(H,15,18). The monoisotopic (exact) mass is 294 g/mol. The zero-order valence-corrected chi connectivity index (χ0v) is 11.1. The maximum absolute atomic E-state index is 12.0. The minimum absolute atomic E-state index is 0.0539. The molecule has 8 heteroatoms. The third kappa shape index (κ3) is 3.12. The maximum atomic E-state index is 12.0. The van der Waals surface area contributed by atoms with Crippen molar-refractivity contribution in [2.45, 2.75) is 6.42 Å². The number of hydrogen-bond acceptors (Lipinski definition) is 4. The number of imidazole rings is 1. The van der Waals surface area contributed by atoms with E-state index in [1.807, 2.05) is 0 Å². The Morgan fingerprint density at radius 1 is 1.50 bits per heavy atom. The van der Waals surface area contributed by atoms with Crippen LogP contribution in [0.4, 0.5) is 5.69 Å². The fourth-order valence-electron chi connectivity index (χ4n) is 1.71. The van der Waals surface area contributed by atoms with Crippen molar-refractivity contribution in [3.8, 4) is 0 Å². The van der Waals surface area contributed by atoms with Gasteiger partial charge in [-0.05, 0) is 6.07 Å². The Hall–Kier alpha value is -2.41. The third-order valence-corrected chi connectivity index (χ3v) is 2.97. The number of nitrogens with one attached hydrogen (secondary N) is 2. The molecule has 0 atom stereocenters. The van der Waals surface area contributed by atoms with Crippen LogP contribution < -0.4 is 5.32 Å². The van der Waals surface area contributed by atoms with Crippen LogP contribution in [0.15, 0.2) is 30.7 Å². The van der Waals surface area contributed by atoms with Crippen molar-refractivity contribution in [1.29, 1.82) is 0 Å². The minimum atomic E-state index is -0.629. The van der Waals surface area contributed by atoms with Crippen molar-refractivity contribution >= 4 is 23.2 Å². The van der Waals surface area contributed by atoms with Crippen molar-refractivity contribution in [1.82, 2.24) is 15.3 Å². The van der Waals surface area contributed by atoms with E-state index in [-0.39, 0.29) is 16.3 Å². The van der Waals surface area contributed by atoms with Crippen molar-refractivity contribution < 1.29 is 9.72 Å². The van der Waals surface area contributed by atoms with Crippen LogP contribution in [0.1, 0.15) is 16.1 Å². The van der Waals surface area contributed by atoms with Gasteiger partial charge in [0.05, 0.1) is 16.3 Å². The lowest BCUT2D eigenvalue weighted by molar-refractivity contribution is -0.385. The molecule has 0 aliphatic rings. The van der Waals surface area contributed by atoms with Gasteiger partial charge >= 0.3 is 0 Å². The first-order valence-electron chi connectivity index (χ1n) is 5.78. The first-order chi connectivity index (χ1) is 9.59. The lowest BCUT2D eigenvalue weighted by Gasteiger charge is -2.06. The van der Waals surface area contributed by atoms with Gasteiger partial charge in [-0.15, -0.1) is 0 Å². The largest absolute Gasteiger partial charge is 0.351 e. The molecule has 2 aromatic rings. The van der Waals surface area contributed by atoms with E-state index in [2.05, 4.69) is 15.3 Å². The number of aromatic amines is 1. The van der Waals surface area contributed by atoms with Gasteiger partial charge in [0, 0.05) is 30.9 Å². The van der Waals surface area contributed by atoms with Gasteiger partial charge in [-0.25, -0.2) is 4.98 Å². The number of halogens is 1. The van der Waals surface area contributed by atoms with Crippen molar-refractivity contribution in [3.63, 3.8) is 0 Å². The van der Waals surface area contributed by atoms with Crippen LogP contribution in [0.25, 0.3) is 0 Å². The Balaban J connectivity index is 2.07. The Morgan fingerprint density at radius 3 is 2.95 bits per heavy atom. The molecular weight excluding hydrogens is 284 g/mol. The summed E-state index contributed by atoms with van der Waals surface area (Å²) in [5.41, 5.74) is 0.430. The third-order valence-electron chi connectivity index (χ3n) is 2.65. The molecule has 0 unspecified atom stereocenters. The van der Waals surface area contributed by atoms with Gasteiger partial charge in [-0.1, -0.05) is 17.7 Å². The highest BCUT2D eigenvalue weighted by atomic mass is 35.5.